The number of aromatic nitrogens is 3. The third-order valence-corrected chi connectivity index (χ3v) is 5.83. The van der Waals surface area contributed by atoms with Crippen molar-refractivity contribution >= 4 is 5.91 Å². The van der Waals surface area contributed by atoms with Crippen LogP contribution < -0.4 is 4.90 Å². The number of likely N-dealkylation sites (tertiary alicyclic amines) is 1. The molecule has 1 saturated heterocycles. The second-order valence-corrected chi connectivity index (χ2v) is 7.98. The SMILES string of the molecule is CO[C@H](C(=O)N(CC[NH+]1CCCC1)Cc1cn(-c2ccccc2)nn1)c1ccccc1. The lowest BCUT2D eigenvalue weighted by Crippen LogP contribution is -3.10. The van der Waals surface area contributed by atoms with Gasteiger partial charge >= 0.3 is 0 Å². The van der Waals surface area contributed by atoms with E-state index < -0.39 is 6.10 Å². The molecule has 31 heavy (non-hydrogen) atoms. The largest absolute Gasteiger partial charge is 0.367 e. The van der Waals surface area contributed by atoms with Gasteiger partial charge in [-0.15, -0.1) is 5.10 Å². The summed E-state index contributed by atoms with van der Waals surface area (Å²) < 4.78 is 7.37. The summed E-state index contributed by atoms with van der Waals surface area (Å²) in [6, 6.07) is 19.5. The van der Waals surface area contributed by atoms with Gasteiger partial charge in [0.2, 0.25) is 0 Å². The first-order valence-corrected chi connectivity index (χ1v) is 10.9. The van der Waals surface area contributed by atoms with E-state index in [0.717, 1.165) is 23.5 Å². The lowest BCUT2D eigenvalue weighted by atomic mass is 10.1. The van der Waals surface area contributed by atoms with Gasteiger partial charge < -0.3 is 14.5 Å². The van der Waals surface area contributed by atoms with Crippen LogP contribution in [0, 0.1) is 0 Å². The fourth-order valence-corrected chi connectivity index (χ4v) is 4.13. The summed E-state index contributed by atoms with van der Waals surface area (Å²) in [7, 11) is 1.59. The lowest BCUT2D eigenvalue weighted by Gasteiger charge is -2.27. The Labute approximate surface area is 183 Å². The summed E-state index contributed by atoms with van der Waals surface area (Å²) in [5, 5.41) is 8.58. The van der Waals surface area contributed by atoms with E-state index in [-0.39, 0.29) is 5.91 Å². The van der Waals surface area contributed by atoms with E-state index in [2.05, 4.69) is 10.3 Å². The zero-order chi connectivity index (χ0) is 21.5. The van der Waals surface area contributed by atoms with Crippen LogP contribution in [0.3, 0.4) is 0 Å². The standard InChI is InChI=1S/C24H29N5O2/c1-31-23(20-10-4-2-5-11-20)24(30)28(17-16-27-14-8-9-15-27)18-21-19-29(26-25-21)22-12-6-3-7-13-22/h2-7,10-13,19,23H,8-9,14-18H2,1H3/p+1/t23-/m0/s1. The first-order chi connectivity index (χ1) is 15.2. The average molecular weight is 421 g/mol. The van der Waals surface area contributed by atoms with Crippen molar-refractivity contribution in [2.75, 3.05) is 33.3 Å². The summed E-state index contributed by atoms with van der Waals surface area (Å²) >= 11 is 0. The van der Waals surface area contributed by atoms with Crippen LogP contribution in [-0.4, -0.2) is 59.1 Å². The predicted molar refractivity (Wildman–Crippen MR) is 118 cm³/mol. The number of ether oxygens (including phenoxy) is 1. The highest BCUT2D eigenvalue weighted by Crippen LogP contribution is 2.20. The molecule has 1 N–H and O–H groups in total. The molecule has 7 nitrogen and oxygen atoms in total. The summed E-state index contributed by atoms with van der Waals surface area (Å²) in [4.78, 5) is 16.9. The van der Waals surface area contributed by atoms with Crippen molar-refractivity contribution in [3.8, 4) is 5.69 Å². The molecule has 1 aromatic heterocycles. The lowest BCUT2D eigenvalue weighted by molar-refractivity contribution is -0.886. The van der Waals surface area contributed by atoms with Crippen molar-refractivity contribution in [1.29, 1.82) is 0 Å². The highest BCUT2D eigenvalue weighted by atomic mass is 16.5. The Hall–Kier alpha value is -3.03. The Morgan fingerprint density at radius 2 is 1.77 bits per heavy atom. The molecule has 162 valence electrons. The fraction of sp³-hybridized carbons (Fsp3) is 0.375. The number of quaternary nitrogens is 1. The van der Waals surface area contributed by atoms with Crippen LogP contribution in [0.2, 0.25) is 0 Å². The third-order valence-electron chi connectivity index (χ3n) is 5.83. The summed E-state index contributed by atoms with van der Waals surface area (Å²) in [6.45, 7) is 4.37. The van der Waals surface area contributed by atoms with Gasteiger partial charge in [-0.3, -0.25) is 4.79 Å². The van der Waals surface area contributed by atoms with Crippen molar-refractivity contribution in [3.63, 3.8) is 0 Å². The summed E-state index contributed by atoms with van der Waals surface area (Å²) in [5.74, 6) is -0.0402. The quantitative estimate of drug-likeness (QED) is 0.572. The third kappa shape index (κ3) is 5.37. The van der Waals surface area contributed by atoms with Crippen molar-refractivity contribution in [2.24, 2.45) is 0 Å². The molecule has 1 aliphatic heterocycles. The van der Waals surface area contributed by atoms with E-state index in [1.807, 2.05) is 71.8 Å². The van der Waals surface area contributed by atoms with Gasteiger partial charge in [-0.05, 0) is 17.7 Å². The zero-order valence-corrected chi connectivity index (χ0v) is 18.0. The number of carbonyl (C=O) groups is 1. The number of carbonyl (C=O) groups excluding carboxylic acids is 1. The molecular formula is C24H30N5O2+. The Kier molecular flexibility index (Phi) is 7.07. The maximum atomic E-state index is 13.5. The van der Waals surface area contributed by atoms with Gasteiger partial charge in [-0.2, -0.15) is 0 Å². The van der Waals surface area contributed by atoms with E-state index >= 15 is 0 Å². The Bertz CT molecular complexity index is 954. The Morgan fingerprint density at radius 3 is 2.45 bits per heavy atom. The molecule has 2 aromatic carbocycles. The molecule has 1 amide bonds. The monoisotopic (exact) mass is 420 g/mol. The van der Waals surface area contributed by atoms with Crippen LogP contribution >= 0.6 is 0 Å². The number of para-hydroxylation sites is 1. The molecule has 0 aliphatic carbocycles. The highest BCUT2D eigenvalue weighted by molar-refractivity contribution is 5.82. The second-order valence-electron chi connectivity index (χ2n) is 7.98. The number of methoxy groups -OCH3 is 1. The minimum atomic E-state index is -0.626. The van der Waals surface area contributed by atoms with Crippen LogP contribution in [0.4, 0.5) is 0 Å². The van der Waals surface area contributed by atoms with Crippen LogP contribution in [0.5, 0.6) is 0 Å². The van der Waals surface area contributed by atoms with Gasteiger partial charge in [0.05, 0.1) is 44.6 Å². The molecule has 0 unspecified atom stereocenters. The Balaban J connectivity index is 1.52. The topological polar surface area (TPSA) is 64.7 Å². The molecule has 1 atom stereocenters. The van der Waals surface area contributed by atoms with Gasteiger partial charge in [0, 0.05) is 20.0 Å². The number of hydrogen-bond donors (Lipinski definition) is 1. The second kappa shape index (κ2) is 10.3. The first kappa shape index (κ1) is 21.2. The number of rotatable bonds is 9. The predicted octanol–water partition coefficient (Wildman–Crippen LogP) is 1.66. The molecule has 0 saturated carbocycles. The van der Waals surface area contributed by atoms with E-state index in [1.165, 1.54) is 25.9 Å². The average Bonchev–Trinajstić information content (AvgIpc) is 3.51. The minimum Gasteiger partial charge on any atom is -0.367 e. The molecule has 0 radical (unpaired) electrons. The zero-order valence-electron chi connectivity index (χ0n) is 18.0. The smallest absolute Gasteiger partial charge is 0.256 e. The molecular weight excluding hydrogens is 390 g/mol. The number of amides is 1. The normalized spacial score (nSPS) is 15.1. The highest BCUT2D eigenvalue weighted by Gasteiger charge is 2.28. The number of benzene rings is 2. The first-order valence-electron chi connectivity index (χ1n) is 10.9. The summed E-state index contributed by atoms with van der Waals surface area (Å²) in [6.07, 6.45) is 3.79. The van der Waals surface area contributed by atoms with Gasteiger partial charge in [-0.25, -0.2) is 4.68 Å². The Morgan fingerprint density at radius 1 is 1.10 bits per heavy atom. The number of hydrogen-bond acceptors (Lipinski definition) is 4. The van der Waals surface area contributed by atoms with Gasteiger partial charge in [0.15, 0.2) is 6.10 Å². The molecule has 4 rings (SSSR count). The number of nitrogens with zero attached hydrogens (tertiary/aromatic N) is 4. The van der Waals surface area contributed by atoms with Gasteiger partial charge in [-0.1, -0.05) is 53.7 Å². The van der Waals surface area contributed by atoms with E-state index in [4.69, 9.17) is 4.74 Å². The molecule has 0 bridgehead atoms. The molecule has 3 aromatic rings. The van der Waals surface area contributed by atoms with Crippen LogP contribution in [0.25, 0.3) is 5.69 Å². The van der Waals surface area contributed by atoms with E-state index in [0.29, 0.717) is 13.1 Å². The van der Waals surface area contributed by atoms with Crippen molar-refractivity contribution in [3.05, 3.63) is 78.1 Å². The molecule has 1 fully saturated rings. The molecule has 7 heteroatoms. The van der Waals surface area contributed by atoms with Gasteiger partial charge in [0.1, 0.15) is 5.69 Å². The van der Waals surface area contributed by atoms with Crippen LogP contribution in [-0.2, 0) is 16.1 Å². The molecule has 2 heterocycles. The van der Waals surface area contributed by atoms with Crippen molar-refractivity contribution < 1.29 is 14.4 Å². The van der Waals surface area contributed by atoms with Crippen molar-refractivity contribution in [2.45, 2.75) is 25.5 Å². The maximum absolute atomic E-state index is 13.5. The van der Waals surface area contributed by atoms with Gasteiger partial charge in [0.25, 0.3) is 5.91 Å². The summed E-state index contributed by atoms with van der Waals surface area (Å²) in [5.41, 5.74) is 2.57. The van der Waals surface area contributed by atoms with E-state index in [9.17, 15) is 4.79 Å². The molecule has 1 aliphatic rings. The van der Waals surface area contributed by atoms with Crippen molar-refractivity contribution in [1.82, 2.24) is 19.9 Å². The minimum absolute atomic E-state index is 0.0402. The molecule has 0 spiro atoms. The fourth-order valence-electron chi connectivity index (χ4n) is 4.13. The van der Waals surface area contributed by atoms with E-state index in [1.54, 1.807) is 16.7 Å². The van der Waals surface area contributed by atoms with Crippen LogP contribution in [0.1, 0.15) is 30.2 Å². The number of nitrogens with one attached hydrogen (secondary N) is 1. The van der Waals surface area contributed by atoms with Crippen LogP contribution in [0.15, 0.2) is 66.9 Å². The maximum Gasteiger partial charge on any atom is 0.256 e.